The Balaban J connectivity index is 1.43. The van der Waals surface area contributed by atoms with E-state index in [1.807, 2.05) is 69.4 Å². The van der Waals surface area contributed by atoms with Crippen LogP contribution in [0.2, 0.25) is 0 Å². The van der Waals surface area contributed by atoms with Crippen molar-refractivity contribution in [3.8, 4) is 11.5 Å². The Morgan fingerprint density at radius 1 is 0.873 bits per heavy atom. The second-order valence-electron chi connectivity index (χ2n) is 20.7. The van der Waals surface area contributed by atoms with Crippen molar-refractivity contribution in [3.05, 3.63) is 65.3 Å². The van der Waals surface area contributed by atoms with Crippen molar-refractivity contribution in [3.63, 3.8) is 0 Å². The minimum atomic E-state index is -2.53. The maximum absolute atomic E-state index is 14.6. The number of carbonyl (C=O) groups is 4. The van der Waals surface area contributed by atoms with E-state index in [0.29, 0.717) is 74.9 Å². The fourth-order valence-corrected chi connectivity index (χ4v) is 11.2. The zero-order chi connectivity index (χ0) is 52.2. The molecule has 4 aliphatic rings. The fourth-order valence-electron chi connectivity index (χ4n) is 11.2. The molecule has 1 aliphatic carbocycles. The summed E-state index contributed by atoms with van der Waals surface area (Å²) in [5, 5.41) is 36.0. The second-order valence-corrected chi connectivity index (χ2v) is 20.7. The van der Waals surface area contributed by atoms with Crippen molar-refractivity contribution >= 4 is 29.5 Å². The summed E-state index contributed by atoms with van der Waals surface area (Å²) in [6.07, 6.45) is 11.4. The summed E-state index contributed by atoms with van der Waals surface area (Å²) in [5.74, 6) is -6.48. The van der Waals surface area contributed by atoms with Gasteiger partial charge in [-0.25, -0.2) is 4.79 Å². The first-order valence-corrected chi connectivity index (χ1v) is 25.6. The molecule has 1 amide bonds. The zero-order valence-corrected chi connectivity index (χ0v) is 44.1. The molecule has 1 aromatic rings. The van der Waals surface area contributed by atoms with E-state index in [1.54, 1.807) is 41.2 Å². The molecule has 0 radical (unpaired) electrons. The quantitative estimate of drug-likeness (QED) is 0.0805. The van der Waals surface area contributed by atoms with Gasteiger partial charge in [-0.15, -0.1) is 0 Å². The topological polar surface area (TPSA) is 197 Å². The van der Waals surface area contributed by atoms with Gasteiger partial charge in [-0.3, -0.25) is 14.4 Å². The highest BCUT2D eigenvalue weighted by atomic mass is 16.7. The van der Waals surface area contributed by atoms with Crippen molar-refractivity contribution in [2.24, 2.45) is 29.6 Å². The van der Waals surface area contributed by atoms with E-state index in [-0.39, 0.29) is 43.4 Å². The molecule has 3 fully saturated rings. The van der Waals surface area contributed by atoms with Gasteiger partial charge in [0.25, 0.3) is 11.7 Å². The second kappa shape index (κ2) is 26.1. The van der Waals surface area contributed by atoms with E-state index in [9.17, 15) is 34.5 Å². The number of cyclic esters (lactones) is 1. The van der Waals surface area contributed by atoms with Crippen LogP contribution >= 0.6 is 0 Å². The minimum absolute atomic E-state index is 0.0143. The average molecular weight is 994 g/mol. The number of esters is 1. The summed E-state index contributed by atoms with van der Waals surface area (Å²) in [5.41, 5.74) is 1.36. The van der Waals surface area contributed by atoms with E-state index in [0.717, 1.165) is 11.1 Å². The lowest BCUT2D eigenvalue weighted by Crippen LogP contribution is -2.64. The molecule has 71 heavy (non-hydrogen) atoms. The van der Waals surface area contributed by atoms with Crippen LogP contribution in [0.25, 0.3) is 6.08 Å². The van der Waals surface area contributed by atoms with Crippen LogP contribution in [-0.4, -0.2) is 140 Å². The van der Waals surface area contributed by atoms with Crippen molar-refractivity contribution < 1.29 is 67.7 Å². The van der Waals surface area contributed by atoms with Crippen LogP contribution in [0.15, 0.2) is 59.7 Å². The van der Waals surface area contributed by atoms with Crippen LogP contribution in [0, 0.1) is 29.6 Å². The number of piperidine rings is 1. The van der Waals surface area contributed by atoms with Gasteiger partial charge in [0.1, 0.15) is 35.5 Å². The summed E-state index contributed by atoms with van der Waals surface area (Å²) in [6, 6.07) is 4.42. The molecule has 1 aromatic carbocycles. The molecule has 1 saturated carbocycles. The SMILES string of the molecule is CCC1C=C(C)CC(C)CC(OC)C2OC(O)(C(=O)C(=O)N3CCCCC3C(=O)OC(C(C)=CC3CCC(O)(CC=CC=Cc4cc(OC)cc(OC)c4)C(OC)C3)C(C)C(O)CC1=O)C(C)CC2OC. The van der Waals surface area contributed by atoms with Gasteiger partial charge in [-0.1, -0.05) is 69.7 Å². The normalized spacial score (nSPS) is 35.7. The Kier molecular flexibility index (Phi) is 21.2. The summed E-state index contributed by atoms with van der Waals surface area (Å²) < 4.78 is 41.1. The third-order valence-electron chi connectivity index (χ3n) is 15.5. The first-order valence-electron chi connectivity index (χ1n) is 25.6. The van der Waals surface area contributed by atoms with Crippen molar-refractivity contribution in [2.45, 2.75) is 173 Å². The summed E-state index contributed by atoms with van der Waals surface area (Å²) in [6.45, 7) is 11.2. The highest BCUT2D eigenvalue weighted by molar-refractivity contribution is 6.39. The first kappa shape index (κ1) is 57.7. The van der Waals surface area contributed by atoms with Gasteiger partial charge in [0, 0.05) is 58.1 Å². The highest BCUT2D eigenvalue weighted by Gasteiger charge is 2.56. The number of amides is 1. The van der Waals surface area contributed by atoms with E-state index < -0.39 is 89.5 Å². The molecular formula is C56H83NO14. The number of ether oxygens (including phenoxy) is 7. The molecule has 2 saturated heterocycles. The first-order chi connectivity index (χ1) is 33.7. The number of aliphatic hydroxyl groups is 3. The predicted octanol–water partition coefficient (Wildman–Crippen LogP) is 7.52. The van der Waals surface area contributed by atoms with Gasteiger partial charge in [-0.05, 0) is 120 Å². The molecule has 3 heterocycles. The standard InChI is InChI=1S/C56H83NO14/c1-12-41-25-34(2)24-35(3)26-47(67-9)51-48(68-10)28-37(5)56(64,71-51)52(60)53(61)57-23-17-15-19-44(57)54(62)70-50(38(6)45(58)33-46(41)59)36(4)27-40-20-22-55(63,49(31-40)69-11)21-16-13-14-18-39-29-42(65-7)32-43(30-39)66-8/h13-14,16,18,25,27,29-30,32,35,37-38,40-41,44-45,47-51,58,63-64H,12,15,17,19-24,26,28,31,33H2,1-11H3. The molecule has 14 unspecified atom stereocenters. The smallest absolute Gasteiger partial charge is 0.329 e. The largest absolute Gasteiger partial charge is 0.497 e. The van der Waals surface area contributed by atoms with Crippen LogP contribution in [0.3, 0.4) is 0 Å². The fraction of sp³-hybridized carbons (Fsp3) is 0.679. The Hall–Kier alpha value is -4.22. The van der Waals surface area contributed by atoms with Gasteiger partial charge in [0.15, 0.2) is 0 Å². The van der Waals surface area contributed by atoms with Crippen LogP contribution in [-0.2, 0) is 42.9 Å². The molecule has 396 valence electrons. The summed E-state index contributed by atoms with van der Waals surface area (Å²) in [4.78, 5) is 58.6. The minimum Gasteiger partial charge on any atom is -0.497 e. The predicted molar refractivity (Wildman–Crippen MR) is 269 cm³/mol. The monoisotopic (exact) mass is 994 g/mol. The molecule has 3 aliphatic heterocycles. The average Bonchev–Trinajstić information content (AvgIpc) is 3.36. The number of Topliss-reactive ketones (excluding diaryl/α,β-unsaturated/α-hetero) is 2. The number of fused-ring (bicyclic) bond motifs is 3. The highest BCUT2D eigenvalue weighted by Crippen LogP contribution is 2.41. The number of rotatable bonds is 12. The van der Waals surface area contributed by atoms with Gasteiger partial charge >= 0.3 is 5.97 Å². The van der Waals surface area contributed by atoms with Crippen LogP contribution < -0.4 is 9.47 Å². The molecule has 5 rings (SSSR count). The number of hydrogen-bond donors (Lipinski definition) is 3. The van der Waals surface area contributed by atoms with E-state index >= 15 is 0 Å². The van der Waals surface area contributed by atoms with E-state index in [1.165, 1.54) is 19.1 Å². The maximum atomic E-state index is 14.6. The number of allylic oxidation sites excluding steroid dienone is 5. The Morgan fingerprint density at radius 3 is 2.18 bits per heavy atom. The Labute approximate surface area is 421 Å². The molecule has 0 aromatic heterocycles. The van der Waals surface area contributed by atoms with Gasteiger partial charge in [0.2, 0.25) is 5.79 Å². The van der Waals surface area contributed by atoms with Crippen molar-refractivity contribution in [2.75, 3.05) is 42.1 Å². The molecule has 15 heteroatoms. The Morgan fingerprint density at radius 2 is 1.55 bits per heavy atom. The summed E-state index contributed by atoms with van der Waals surface area (Å²) >= 11 is 0. The lowest BCUT2D eigenvalue weighted by atomic mass is 9.74. The number of aliphatic hydroxyl groups excluding tert-OH is 1. The molecular weight excluding hydrogens is 911 g/mol. The Bertz CT molecular complexity index is 2080. The maximum Gasteiger partial charge on any atom is 0.329 e. The van der Waals surface area contributed by atoms with Gasteiger partial charge < -0.3 is 53.4 Å². The number of carbonyl (C=O) groups excluding carboxylic acids is 4. The molecule has 14 atom stereocenters. The lowest BCUT2D eigenvalue weighted by Gasteiger charge is -2.47. The van der Waals surface area contributed by atoms with Crippen molar-refractivity contribution in [1.29, 1.82) is 0 Å². The number of nitrogens with zero attached hydrogens (tertiary/aromatic N) is 1. The summed E-state index contributed by atoms with van der Waals surface area (Å²) in [7, 11) is 7.84. The zero-order valence-electron chi connectivity index (χ0n) is 44.1. The molecule has 15 nitrogen and oxygen atoms in total. The molecule has 2 bridgehead atoms. The van der Waals surface area contributed by atoms with Crippen molar-refractivity contribution in [1.82, 2.24) is 4.90 Å². The van der Waals surface area contributed by atoms with Gasteiger partial charge in [-0.2, -0.15) is 0 Å². The third-order valence-corrected chi connectivity index (χ3v) is 15.5. The number of methoxy groups -OCH3 is 5. The van der Waals surface area contributed by atoms with E-state index in [4.69, 9.17) is 33.2 Å². The molecule has 0 spiro atoms. The van der Waals surface area contributed by atoms with Crippen LogP contribution in [0.5, 0.6) is 11.5 Å². The number of benzene rings is 1. The number of ketones is 2. The van der Waals surface area contributed by atoms with Gasteiger partial charge in [0.05, 0.1) is 44.2 Å². The van der Waals surface area contributed by atoms with E-state index in [2.05, 4.69) is 6.92 Å². The van der Waals surface area contributed by atoms with Crippen LogP contribution in [0.1, 0.15) is 124 Å². The number of hydrogen-bond acceptors (Lipinski definition) is 14. The van der Waals surface area contributed by atoms with Crippen LogP contribution in [0.4, 0.5) is 0 Å². The lowest BCUT2D eigenvalue weighted by molar-refractivity contribution is -0.302. The third kappa shape index (κ3) is 14.3. The molecule has 3 N–H and O–H groups in total.